The number of aryl methyl sites for hydroxylation is 2. The van der Waals surface area contributed by atoms with Crippen molar-refractivity contribution in [3.63, 3.8) is 0 Å². The number of halogens is 1. The molecule has 0 aliphatic carbocycles. The number of hydrogen-bond donors (Lipinski definition) is 1. The molecule has 116 valence electrons. The van der Waals surface area contributed by atoms with E-state index in [-0.39, 0.29) is 0 Å². The van der Waals surface area contributed by atoms with Crippen LogP contribution in [0.1, 0.15) is 36.0 Å². The summed E-state index contributed by atoms with van der Waals surface area (Å²) >= 11 is 6.17. The molecule has 1 fully saturated rings. The third kappa shape index (κ3) is 4.11. The summed E-state index contributed by atoms with van der Waals surface area (Å²) in [6.07, 6.45) is 3.19. The minimum absolute atomic E-state index is 0.496. The number of amides is 1. The predicted molar refractivity (Wildman–Crippen MR) is 84.8 cm³/mol. The van der Waals surface area contributed by atoms with E-state index in [0.717, 1.165) is 47.6 Å². The zero-order valence-electron chi connectivity index (χ0n) is 12.7. The monoisotopic (exact) mass is 310 g/mol. The van der Waals surface area contributed by atoms with Gasteiger partial charge >= 0.3 is 6.09 Å². The second kappa shape index (κ2) is 7.14. The van der Waals surface area contributed by atoms with E-state index in [0.29, 0.717) is 13.0 Å². The van der Waals surface area contributed by atoms with Gasteiger partial charge in [-0.3, -0.25) is 0 Å². The van der Waals surface area contributed by atoms with Crippen molar-refractivity contribution >= 4 is 17.7 Å². The van der Waals surface area contributed by atoms with Gasteiger partial charge in [0.15, 0.2) is 0 Å². The van der Waals surface area contributed by atoms with Crippen LogP contribution in [0, 0.1) is 13.8 Å². The molecule has 4 nitrogen and oxygen atoms in total. The third-order valence-corrected chi connectivity index (χ3v) is 4.60. The van der Waals surface area contributed by atoms with Gasteiger partial charge in [-0.25, -0.2) is 14.8 Å². The molecular weight excluding hydrogens is 288 g/mol. The van der Waals surface area contributed by atoms with Crippen LogP contribution in [0.15, 0.2) is 12.1 Å². The summed E-state index contributed by atoms with van der Waals surface area (Å²) in [6, 6.07) is 4.09. The Morgan fingerprint density at radius 1 is 1.24 bits per heavy atom. The zero-order valence-corrected chi connectivity index (χ0v) is 13.5. The van der Waals surface area contributed by atoms with Gasteiger partial charge in [0.1, 0.15) is 0 Å². The van der Waals surface area contributed by atoms with Crippen molar-refractivity contribution < 1.29 is 9.90 Å². The molecule has 1 aliphatic rings. The second-order valence-corrected chi connectivity index (χ2v) is 6.09. The van der Waals surface area contributed by atoms with E-state index in [1.165, 1.54) is 11.4 Å². The molecule has 1 aliphatic heterocycles. The Labute approximate surface area is 131 Å². The topological polar surface area (TPSA) is 43.8 Å². The van der Waals surface area contributed by atoms with Crippen LogP contribution in [-0.4, -0.2) is 40.9 Å². The minimum atomic E-state index is -0.862. The first kappa shape index (κ1) is 16.1. The van der Waals surface area contributed by atoms with E-state index in [1.54, 1.807) is 0 Å². The summed E-state index contributed by atoms with van der Waals surface area (Å²) in [5, 5.41) is 13.6. The first-order chi connectivity index (χ1) is 9.99. The average molecular weight is 311 g/mol. The number of nitrogens with zero attached hydrogens (tertiary/aromatic N) is 2. The van der Waals surface area contributed by atoms with Gasteiger partial charge in [-0.05, 0) is 49.8 Å². The fraction of sp³-hybridized carbons (Fsp3) is 0.562. The van der Waals surface area contributed by atoms with Gasteiger partial charge < -0.3 is 5.11 Å². The smallest absolute Gasteiger partial charge is 0.421 e. The standard InChI is InChI=1S/C16H23ClN2O2/c1-12-10-14(11-13(2)15(12)17)6-9-19(16(20)21)18-7-4-3-5-8-18/h10-11H,3-9H2,1-2H3,(H,20,21). The second-order valence-electron chi connectivity index (χ2n) is 5.71. The molecule has 5 heteroatoms. The molecule has 21 heavy (non-hydrogen) atoms. The maximum absolute atomic E-state index is 11.5. The zero-order chi connectivity index (χ0) is 15.4. The van der Waals surface area contributed by atoms with Gasteiger partial charge in [-0.15, -0.1) is 0 Å². The number of carbonyl (C=O) groups is 1. The van der Waals surface area contributed by atoms with Crippen LogP contribution in [0.2, 0.25) is 5.02 Å². The number of hydrogen-bond acceptors (Lipinski definition) is 2. The van der Waals surface area contributed by atoms with Crippen molar-refractivity contribution in [3.8, 4) is 0 Å². The summed E-state index contributed by atoms with van der Waals surface area (Å²) in [6.45, 7) is 6.14. The van der Waals surface area contributed by atoms with E-state index in [1.807, 2.05) is 31.0 Å². The summed E-state index contributed by atoms with van der Waals surface area (Å²) in [7, 11) is 0. The highest BCUT2D eigenvalue weighted by Crippen LogP contribution is 2.22. The highest BCUT2D eigenvalue weighted by molar-refractivity contribution is 6.32. The number of piperidine rings is 1. The summed E-state index contributed by atoms with van der Waals surface area (Å²) in [5.74, 6) is 0. The van der Waals surface area contributed by atoms with Gasteiger partial charge in [-0.1, -0.05) is 30.2 Å². The highest BCUT2D eigenvalue weighted by atomic mass is 35.5. The molecule has 1 saturated heterocycles. The first-order valence-corrected chi connectivity index (χ1v) is 7.88. The molecule has 0 bridgehead atoms. The van der Waals surface area contributed by atoms with Gasteiger partial charge in [0.25, 0.3) is 0 Å². The maximum Gasteiger partial charge on any atom is 0.421 e. The fourth-order valence-corrected chi connectivity index (χ4v) is 3.00. The van der Waals surface area contributed by atoms with Crippen LogP contribution in [0.25, 0.3) is 0 Å². The SMILES string of the molecule is Cc1cc(CCN(C(=O)O)N2CCCCC2)cc(C)c1Cl. The maximum atomic E-state index is 11.5. The van der Waals surface area contributed by atoms with Crippen molar-refractivity contribution in [2.24, 2.45) is 0 Å². The van der Waals surface area contributed by atoms with E-state index >= 15 is 0 Å². The van der Waals surface area contributed by atoms with Crippen LogP contribution < -0.4 is 0 Å². The molecule has 0 unspecified atom stereocenters. The molecule has 0 radical (unpaired) electrons. The van der Waals surface area contributed by atoms with E-state index in [4.69, 9.17) is 11.6 Å². The summed E-state index contributed by atoms with van der Waals surface area (Å²) in [4.78, 5) is 11.5. The molecule has 2 rings (SSSR count). The molecule has 0 saturated carbocycles. The number of carboxylic acid groups (broad SMARTS) is 1. The Balaban J connectivity index is 2.03. The number of rotatable bonds is 4. The first-order valence-electron chi connectivity index (χ1n) is 7.50. The fourth-order valence-electron chi connectivity index (χ4n) is 2.89. The lowest BCUT2D eigenvalue weighted by atomic mass is 10.0. The Morgan fingerprint density at radius 3 is 2.33 bits per heavy atom. The molecule has 1 heterocycles. The third-order valence-electron chi connectivity index (χ3n) is 4.00. The molecule has 0 atom stereocenters. The normalized spacial score (nSPS) is 16.0. The van der Waals surface area contributed by atoms with Gasteiger partial charge in [0, 0.05) is 24.7 Å². The lowest BCUT2D eigenvalue weighted by Crippen LogP contribution is -2.49. The van der Waals surface area contributed by atoms with Crippen LogP contribution in [0.4, 0.5) is 4.79 Å². The largest absolute Gasteiger partial charge is 0.464 e. The van der Waals surface area contributed by atoms with E-state index in [2.05, 4.69) is 0 Å². The molecule has 1 aromatic carbocycles. The van der Waals surface area contributed by atoms with Gasteiger partial charge in [-0.2, -0.15) is 0 Å². The predicted octanol–water partition coefficient (Wildman–Crippen LogP) is 3.88. The molecule has 1 amide bonds. The summed E-state index contributed by atoms with van der Waals surface area (Å²) < 4.78 is 0. The molecule has 0 spiro atoms. The van der Waals surface area contributed by atoms with Crippen molar-refractivity contribution in [1.82, 2.24) is 10.0 Å². The quantitative estimate of drug-likeness (QED) is 0.918. The molecule has 1 aromatic rings. The lowest BCUT2D eigenvalue weighted by Gasteiger charge is -2.35. The minimum Gasteiger partial charge on any atom is -0.464 e. The van der Waals surface area contributed by atoms with Crippen molar-refractivity contribution in [2.45, 2.75) is 39.5 Å². The Bertz CT molecular complexity index is 490. The van der Waals surface area contributed by atoms with E-state index in [9.17, 15) is 9.90 Å². The van der Waals surface area contributed by atoms with Crippen molar-refractivity contribution in [1.29, 1.82) is 0 Å². The van der Waals surface area contributed by atoms with Gasteiger partial charge in [0.2, 0.25) is 0 Å². The molecule has 0 aromatic heterocycles. The van der Waals surface area contributed by atoms with Crippen LogP contribution >= 0.6 is 11.6 Å². The van der Waals surface area contributed by atoms with Crippen LogP contribution in [0.5, 0.6) is 0 Å². The lowest BCUT2D eigenvalue weighted by molar-refractivity contribution is -0.0213. The molecule has 1 N–H and O–H groups in total. The number of benzene rings is 1. The highest BCUT2D eigenvalue weighted by Gasteiger charge is 2.22. The Hall–Kier alpha value is -1.26. The summed E-state index contributed by atoms with van der Waals surface area (Å²) in [5.41, 5.74) is 3.23. The van der Waals surface area contributed by atoms with Crippen LogP contribution in [0.3, 0.4) is 0 Å². The molecular formula is C16H23ClN2O2. The van der Waals surface area contributed by atoms with Crippen LogP contribution in [-0.2, 0) is 6.42 Å². The Morgan fingerprint density at radius 2 is 1.81 bits per heavy atom. The Kier molecular flexibility index (Phi) is 5.48. The number of hydrazine groups is 1. The van der Waals surface area contributed by atoms with Crippen molar-refractivity contribution in [2.75, 3.05) is 19.6 Å². The van der Waals surface area contributed by atoms with Crippen molar-refractivity contribution in [3.05, 3.63) is 33.8 Å². The van der Waals surface area contributed by atoms with E-state index < -0.39 is 6.09 Å². The van der Waals surface area contributed by atoms with Gasteiger partial charge in [0.05, 0.1) is 0 Å². The average Bonchev–Trinajstić information content (AvgIpc) is 2.45.